The number of carboxylic acids is 1. The summed E-state index contributed by atoms with van der Waals surface area (Å²) in [5, 5.41) is 13.7. The zero-order chi connectivity index (χ0) is 21.5. The summed E-state index contributed by atoms with van der Waals surface area (Å²) >= 11 is 6.44. The van der Waals surface area contributed by atoms with Crippen molar-refractivity contribution in [1.29, 1.82) is 0 Å². The number of hydrogen-bond acceptors (Lipinski definition) is 6. The molecule has 1 aliphatic rings. The Labute approximate surface area is 183 Å². The van der Waals surface area contributed by atoms with Crippen molar-refractivity contribution in [2.24, 2.45) is 0 Å². The summed E-state index contributed by atoms with van der Waals surface area (Å²) in [4.78, 5) is 37.8. The van der Waals surface area contributed by atoms with Crippen LogP contribution in [-0.4, -0.2) is 33.5 Å². The van der Waals surface area contributed by atoms with Crippen LogP contribution < -0.4 is 10.4 Å². The molecular weight excluding hydrogens is 420 g/mol. The highest BCUT2D eigenvalue weighted by Crippen LogP contribution is 2.31. The molecule has 0 spiro atoms. The van der Waals surface area contributed by atoms with Crippen LogP contribution in [0, 0.1) is 0 Å². The van der Waals surface area contributed by atoms with E-state index in [4.69, 9.17) is 12.2 Å². The van der Waals surface area contributed by atoms with Crippen LogP contribution in [-0.2, 0) is 9.59 Å². The normalized spacial score (nSPS) is 15.2. The van der Waals surface area contributed by atoms with E-state index in [9.17, 15) is 19.5 Å². The van der Waals surface area contributed by atoms with Crippen molar-refractivity contribution in [2.75, 3.05) is 11.9 Å². The van der Waals surface area contributed by atoms with Crippen molar-refractivity contribution in [3.8, 4) is 0 Å². The van der Waals surface area contributed by atoms with E-state index >= 15 is 0 Å². The van der Waals surface area contributed by atoms with Gasteiger partial charge in [-0.2, -0.15) is 0 Å². The highest BCUT2D eigenvalue weighted by molar-refractivity contribution is 8.26. The monoisotopic (exact) mass is 437 g/mol. The van der Waals surface area contributed by atoms with Gasteiger partial charge in [0.15, 0.2) is 0 Å². The van der Waals surface area contributed by atoms with Crippen LogP contribution >= 0.6 is 24.0 Å². The maximum absolute atomic E-state index is 12.6. The highest BCUT2D eigenvalue weighted by atomic mass is 32.2. The second kappa shape index (κ2) is 10.00. The van der Waals surface area contributed by atoms with Crippen molar-refractivity contribution in [1.82, 2.24) is 4.90 Å². The maximum Gasteiger partial charge on any atom is 0.266 e. The molecule has 2 aromatic carbocycles. The minimum atomic E-state index is -1.38. The second-order valence-corrected chi connectivity index (χ2v) is 7.93. The number of carboxylic acid groups (broad SMARTS) is 1. The molecule has 3 rings (SSSR count). The molecule has 1 heterocycles. The van der Waals surface area contributed by atoms with Crippen LogP contribution in [0.2, 0.25) is 0 Å². The number of aromatic carboxylic acids is 1. The number of carbonyl (C=O) groups excluding carboxylic acids is 3. The molecule has 1 saturated heterocycles. The molecule has 2 amide bonds. The van der Waals surface area contributed by atoms with Crippen molar-refractivity contribution in [3.05, 3.63) is 82.8 Å². The number of amides is 2. The molecule has 1 aliphatic heterocycles. The van der Waals surface area contributed by atoms with Crippen LogP contribution in [0.3, 0.4) is 0 Å². The third-order valence-electron chi connectivity index (χ3n) is 4.19. The van der Waals surface area contributed by atoms with E-state index in [0.717, 1.165) is 5.56 Å². The van der Waals surface area contributed by atoms with Gasteiger partial charge in [-0.25, -0.2) is 0 Å². The number of benzene rings is 2. The number of anilines is 1. The van der Waals surface area contributed by atoms with Gasteiger partial charge in [-0.1, -0.05) is 84.7 Å². The topological polar surface area (TPSA) is 89.5 Å². The summed E-state index contributed by atoms with van der Waals surface area (Å²) in [5.41, 5.74) is 1.06. The summed E-state index contributed by atoms with van der Waals surface area (Å²) < 4.78 is 0.377. The molecule has 8 heteroatoms. The van der Waals surface area contributed by atoms with E-state index in [0.29, 0.717) is 9.23 Å². The molecule has 152 valence electrons. The van der Waals surface area contributed by atoms with Crippen LogP contribution in [0.25, 0.3) is 6.08 Å². The van der Waals surface area contributed by atoms with E-state index < -0.39 is 11.9 Å². The zero-order valence-corrected chi connectivity index (χ0v) is 17.4. The average Bonchev–Trinajstić information content (AvgIpc) is 3.00. The van der Waals surface area contributed by atoms with E-state index in [2.05, 4.69) is 5.32 Å². The first kappa shape index (κ1) is 21.5. The van der Waals surface area contributed by atoms with Crippen LogP contribution in [0.1, 0.15) is 22.3 Å². The summed E-state index contributed by atoms with van der Waals surface area (Å²) in [7, 11) is 0. The van der Waals surface area contributed by atoms with E-state index in [1.165, 1.54) is 28.8 Å². The first-order chi connectivity index (χ1) is 14.5. The third kappa shape index (κ3) is 5.43. The Morgan fingerprint density at radius 1 is 1.10 bits per heavy atom. The van der Waals surface area contributed by atoms with Gasteiger partial charge in [0.1, 0.15) is 4.32 Å². The fourth-order valence-electron chi connectivity index (χ4n) is 2.71. The summed E-state index contributed by atoms with van der Waals surface area (Å²) in [6, 6.07) is 15.7. The molecule has 0 atom stereocenters. The molecule has 0 unspecified atom stereocenters. The van der Waals surface area contributed by atoms with Crippen molar-refractivity contribution < 1.29 is 19.5 Å². The fourth-order valence-corrected chi connectivity index (χ4v) is 3.97. The molecule has 30 heavy (non-hydrogen) atoms. The Bertz CT molecular complexity index is 1050. The number of rotatable bonds is 7. The van der Waals surface area contributed by atoms with Gasteiger partial charge < -0.3 is 15.2 Å². The lowest BCUT2D eigenvalue weighted by molar-refractivity contribution is -0.254. The molecular formula is C22H17N2O4S2-. The molecule has 0 aromatic heterocycles. The van der Waals surface area contributed by atoms with E-state index in [1.54, 1.807) is 24.3 Å². The number of allylic oxidation sites excluding steroid dienone is 2. The summed E-state index contributed by atoms with van der Waals surface area (Å²) in [6.45, 7) is 0.101. The molecule has 0 saturated carbocycles. The Hall–Kier alpha value is -3.23. The third-order valence-corrected chi connectivity index (χ3v) is 5.59. The Kier molecular flexibility index (Phi) is 7.16. The number of thiocarbonyl (C=S) groups is 1. The molecule has 1 fully saturated rings. The number of thioether (sulfide) groups is 1. The molecule has 6 nitrogen and oxygen atoms in total. The Balaban J connectivity index is 1.58. The number of nitrogens with zero attached hydrogens (tertiary/aromatic N) is 1. The molecule has 0 bridgehead atoms. The largest absolute Gasteiger partial charge is 0.545 e. The quantitative estimate of drug-likeness (QED) is 0.529. The van der Waals surface area contributed by atoms with Gasteiger partial charge in [-0.05, 0) is 17.7 Å². The van der Waals surface area contributed by atoms with Crippen LogP contribution in [0.4, 0.5) is 5.69 Å². The number of hydrogen-bond donors (Lipinski definition) is 1. The second-order valence-electron chi connectivity index (χ2n) is 6.26. The predicted molar refractivity (Wildman–Crippen MR) is 119 cm³/mol. The average molecular weight is 438 g/mol. The fraction of sp³-hybridized carbons (Fsp3) is 0.0909. The smallest absolute Gasteiger partial charge is 0.266 e. The van der Waals surface area contributed by atoms with Gasteiger partial charge in [0.2, 0.25) is 5.91 Å². The lowest BCUT2D eigenvalue weighted by atomic mass is 10.1. The van der Waals surface area contributed by atoms with E-state index in [1.807, 2.05) is 36.4 Å². The Morgan fingerprint density at radius 3 is 2.53 bits per heavy atom. The predicted octanol–water partition coefficient (Wildman–Crippen LogP) is 2.84. The van der Waals surface area contributed by atoms with Gasteiger partial charge in [-0.15, -0.1) is 0 Å². The summed E-state index contributed by atoms with van der Waals surface area (Å²) in [5.74, 6) is -2.06. The first-order valence-electron chi connectivity index (χ1n) is 9.03. The van der Waals surface area contributed by atoms with Gasteiger partial charge in [0, 0.05) is 24.2 Å². The van der Waals surface area contributed by atoms with Gasteiger partial charge in [-0.3, -0.25) is 14.5 Å². The molecule has 1 N–H and O–H groups in total. The molecule has 2 aromatic rings. The SMILES string of the molecule is O=C(CCN1C(=O)/C(=C/C=C/c2ccccc2)SC1=S)Nc1ccccc1C(=O)[O-]. The standard InChI is InChI=1S/C22H18N2O4S2/c25-19(23-17-11-5-4-10-16(17)21(27)28)13-14-24-20(26)18(30-22(24)29)12-6-9-15-7-2-1-3-8-15/h1-12H,13-14H2,(H,23,25)(H,27,28)/p-1/b9-6+,18-12-. The lowest BCUT2D eigenvalue weighted by Crippen LogP contribution is -2.32. The zero-order valence-electron chi connectivity index (χ0n) is 15.7. The molecule has 0 radical (unpaired) electrons. The van der Waals surface area contributed by atoms with Crippen molar-refractivity contribution in [2.45, 2.75) is 6.42 Å². The molecule has 0 aliphatic carbocycles. The van der Waals surface area contributed by atoms with Crippen LogP contribution in [0.15, 0.2) is 71.7 Å². The van der Waals surface area contributed by atoms with Crippen molar-refractivity contribution in [3.63, 3.8) is 0 Å². The number of para-hydroxylation sites is 1. The summed E-state index contributed by atoms with van der Waals surface area (Å²) in [6.07, 6.45) is 5.34. The van der Waals surface area contributed by atoms with E-state index in [-0.39, 0.29) is 30.1 Å². The van der Waals surface area contributed by atoms with Crippen molar-refractivity contribution >= 4 is 57.8 Å². The van der Waals surface area contributed by atoms with Gasteiger partial charge >= 0.3 is 0 Å². The lowest BCUT2D eigenvalue weighted by Gasteiger charge is -2.15. The minimum Gasteiger partial charge on any atom is -0.545 e. The maximum atomic E-state index is 12.6. The number of carbonyl (C=O) groups is 3. The highest BCUT2D eigenvalue weighted by Gasteiger charge is 2.31. The number of nitrogens with one attached hydrogen (secondary N) is 1. The first-order valence-corrected chi connectivity index (χ1v) is 10.3. The van der Waals surface area contributed by atoms with Gasteiger partial charge in [0.25, 0.3) is 5.91 Å². The van der Waals surface area contributed by atoms with Crippen LogP contribution in [0.5, 0.6) is 0 Å². The van der Waals surface area contributed by atoms with Gasteiger partial charge in [0.05, 0.1) is 10.9 Å². The Morgan fingerprint density at radius 2 is 1.80 bits per heavy atom. The minimum absolute atomic E-state index is 0.0268.